The molecule has 0 aromatic carbocycles. The van der Waals surface area contributed by atoms with E-state index >= 15 is 0 Å². The number of hydrogen-bond donors (Lipinski definition) is 0. The Hall–Kier alpha value is -0.450. The van der Waals surface area contributed by atoms with Crippen LogP contribution in [0.3, 0.4) is 0 Å². The Balaban J connectivity index is 1.38. The second-order valence-electron chi connectivity index (χ2n) is 6.66. The van der Waals surface area contributed by atoms with Crippen LogP contribution in [0.15, 0.2) is 17.1 Å². The molecule has 1 aromatic heterocycles. The highest BCUT2D eigenvalue weighted by atomic mass is 32.1. The first-order valence-corrected chi connectivity index (χ1v) is 10.5. The van der Waals surface area contributed by atoms with Crippen molar-refractivity contribution in [2.45, 2.75) is 96.5 Å². The minimum absolute atomic E-state index is 0.0764. The topological polar surface area (TPSA) is 22.3 Å². The molecule has 0 amide bonds. The highest BCUT2D eigenvalue weighted by molar-refractivity contribution is 7.07. The SMILES string of the molecule is CCCCCCC1CCC(OCCCCCC[n+]2ccsc2)O1. The highest BCUT2D eigenvalue weighted by Gasteiger charge is 2.24. The summed E-state index contributed by atoms with van der Waals surface area (Å²) in [6, 6.07) is 0. The van der Waals surface area contributed by atoms with Crippen molar-refractivity contribution in [1.29, 1.82) is 0 Å². The average molecular weight is 341 g/mol. The van der Waals surface area contributed by atoms with Crippen LogP contribution in [0.5, 0.6) is 0 Å². The van der Waals surface area contributed by atoms with Crippen molar-refractivity contribution in [2.24, 2.45) is 0 Å². The Morgan fingerprint density at radius 1 is 1.09 bits per heavy atom. The van der Waals surface area contributed by atoms with Crippen molar-refractivity contribution < 1.29 is 14.0 Å². The summed E-state index contributed by atoms with van der Waals surface area (Å²) in [4.78, 5) is 0. The van der Waals surface area contributed by atoms with E-state index in [9.17, 15) is 0 Å². The van der Waals surface area contributed by atoms with E-state index in [-0.39, 0.29) is 6.29 Å². The molecule has 1 aliphatic heterocycles. The lowest BCUT2D eigenvalue weighted by molar-refractivity contribution is -0.692. The molecular weight excluding hydrogens is 306 g/mol. The summed E-state index contributed by atoms with van der Waals surface area (Å²) in [7, 11) is 0. The van der Waals surface area contributed by atoms with Gasteiger partial charge >= 0.3 is 0 Å². The third-order valence-corrected chi connectivity index (χ3v) is 5.26. The van der Waals surface area contributed by atoms with Crippen LogP contribution in [-0.2, 0) is 16.0 Å². The van der Waals surface area contributed by atoms with Crippen LogP contribution < -0.4 is 4.57 Å². The van der Waals surface area contributed by atoms with Crippen molar-refractivity contribution in [1.82, 2.24) is 0 Å². The molecule has 0 bridgehead atoms. The number of ether oxygens (including phenoxy) is 2. The minimum Gasteiger partial charge on any atom is -0.353 e. The van der Waals surface area contributed by atoms with Gasteiger partial charge in [0.05, 0.1) is 11.5 Å². The Bertz CT molecular complexity index is 383. The van der Waals surface area contributed by atoms with E-state index in [1.165, 1.54) is 57.8 Å². The predicted octanol–water partition coefficient (Wildman–Crippen LogP) is 5.09. The van der Waals surface area contributed by atoms with E-state index < -0.39 is 0 Å². The number of rotatable bonds is 13. The zero-order valence-corrected chi connectivity index (χ0v) is 15.6. The summed E-state index contributed by atoms with van der Waals surface area (Å²) in [5.74, 6) is 0. The third-order valence-electron chi connectivity index (χ3n) is 4.59. The van der Waals surface area contributed by atoms with Crippen LogP contribution in [0.25, 0.3) is 0 Å². The summed E-state index contributed by atoms with van der Waals surface area (Å²) in [5.41, 5.74) is 2.18. The molecule has 2 atom stereocenters. The zero-order chi connectivity index (χ0) is 16.2. The van der Waals surface area contributed by atoms with Crippen LogP contribution in [0.1, 0.15) is 77.6 Å². The lowest BCUT2D eigenvalue weighted by atomic mass is 10.1. The van der Waals surface area contributed by atoms with E-state index in [0.29, 0.717) is 6.10 Å². The fourth-order valence-electron chi connectivity index (χ4n) is 3.16. The van der Waals surface area contributed by atoms with Crippen molar-refractivity contribution in [2.75, 3.05) is 6.61 Å². The largest absolute Gasteiger partial charge is 0.353 e. The Labute approximate surface area is 146 Å². The van der Waals surface area contributed by atoms with Crippen molar-refractivity contribution >= 4 is 11.3 Å². The summed E-state index contributed by atoms with van der Waals surface area (Å²) in [6.45, 7) is 4.27. The number of nitrogens with zero attached hydrogens (tertiary/aromatic N) is 1. The molecule has 1 fully saturated rings. The molecule has 3 nitrogen and oxygen atoms in total. The Morgan fingerprint density at radius 2 is 1.96 bits per heavy atom. The zero-order valence-electron chi connectivity index (χ0n) is 14.8. The number of aromatic nitrogens is 1. The van der Waals surface area contributed by atoms with Gasteiger partial charge in [0, 0.05) is 19.4 Å². The van der Waals surface area contributed by atoms with E-state index in [2.05, 4.69) is 28.6 Å². The van der Waals surface area contributed by atoms with E-state index in [4.69, 9.17) is 9.47 Å². The Kier molecular flexibility index (Phi) is 9.84. The average Bonchev–Trinajstić information content (AvgIpc) is 3.22. The van der Waals surface area contributed by atoms with Crippen LogP contribution in [0.4, 0.5) is 0 Å². The molecule has 0 aliphatic carbocycles. The van der Waals surface area contributed by atoms with Gasteiger partial charge in [0.2, 0.25) is 5.51 Å². The van der Waals surface area contributed by atoms with Crippen molar-refractivity contribution in [3.63, 3.8) is 0 Å². The number of aryl methyl sites for hydroxylation is 1. The normalized spacial score (nSPS) is 21.1. The first-order chi connectivity index (χ1) is 11.4. The predicted molar refractivity (Wildman–Crippen MR) is 95.6 cm³/mol. The lowest BCUT2D eigenvalue weighted by Gasteiger charge is -2.14. The van der Waals surface area contributed by atoms with Crippen LogP contribution in [0.2, 0.25) is 0 Å². The van der Waals surface area contributed by atoms with Crippen LogP contribution in [0, 0.1) is 0 Å². The number of unbranched alkanes of at least 4 members (excludes halogenated alkanes) is 6. The Morgan fingerprint density at radius 3 is 2.78 bits per heavy atom. The molecule has 1 aromatic rings. The van der Waals surface area contributed by atoms with Gasteiger partial charge in [-0.25, -0.2) is 0 Å². The molecule has 132 valence electrons. The van der Waals surface area contributed by atoms with Gasteiger partial charge < -0.3 is 9.47 Å². The molecule has 2 rings (SSSR count). The molecule has 0 saturated carbocycles. The monoisotopic (exact) mass is 340 g/mol. The maximum Gasteiger partial charge on any atom is 0.224 e. The first kappa shape index (κ1) is 18.9. The van der Waals surface area contributed by atoms with Gasteiger partial charge in [-0.1, -0.05) is 50.4 Å². The smallest absolute Gasteiger partial charge is 0.224 e. The van der Waals surface area contributed by atoms with E-state index in [0.717, 1.165) is 26.0 Å². The van der Waals surface area contributed by atoms with Gasteiger partial charge in [0.1, 0.15) is 6.54 Å². The van der Waals surface area contributed by atoms with Gasteiger partial charge in [-0.3, -0.25) is 0 Å². The molecule has 4 heteroatoms. The minimum atomic E-state index is 0.0764. The van der Waals surface area contributed by atoms with E-state index in [1.54, 1.807) is 11.3 Å². The lowest BCUT2D eigenvalue weighted by Crippen LogP contribution is -2.29. The molecule has 0 radical (unpaired) electrons. The number of thiazole rings is 1. The van der Waals surface area contributed by atoms with Gasteiger partial charge in [-0.05, 0) is 25.7 Å². The fourth-order valence-corrected chi connectivity index (χ4v) is 3.79. The van der Waals surface area contributed by atoms with Crippen LogP contribution >= 0.6 is 11.3 Å². The molecule has 2 unspecified atom stereocenters. The molecule has 1 saturated heterocycles. The van der Waals surface area contributed by atoms with Gasteiger partial charge in [0.15, 0.2) is 12.5 Å². The summed E-state index contributed by atoms with van der Waals surface area (Å²) in [5, 5.41) is 2.13. The fraction of sp³-hybridized carbons (Fsp3) is 0.842. The first-order valence-electron chi connectivity index (χ1n) is 9.56. The molecule has 0 spiro atoms. The van der Waals surface area contributed by atoms with Crippen molar-refractivity contribution in [3.05, 3.63) is 17.1 Å². The molecule has 2 heterocycles. The van der Waals surface area contributed by atoms with Crippen LogP contribution in [-0.4, -0.2) is 19.0 Å². The molecule has 0 N–H and O–H groups in total. The summed E-state index contributed by atoms with van der Waals surface area (Å²) >= 11 is 1.76. The van der Waals surface area contributed by atoms with Gasteiger partial charge in [0.25, 0.3) is 0 Å². The second-order valence-corrected chi connectivity index (χ2v) is 7.42. The summed E-state index contributed by atoms with van der Waals surface area (Å²) in [6.07, 6.45) is 16.5. The van der Waals surface area contributed by atoms with Gasteiger partial charge in [-0.2, -0.15) is 4.57 Å². The summed E-state index contributed by atoms with van der Waals surface area (Å²) < 4.78 is 14.2. The molecular formula is C19H34NO2S+. The highest BCUT2D eigenvalue weighted by Crippen LogP contribution is 2.25. The van der Waals surface area contributed by atoms with Crippen molar-refractivity contribution in [3.8, 4) is 0 Å². The standard InChI is InChI=1S/C19H34NO2S/c1-2-3-4-7-10-18-11-12-19(22-18)21-15-9-6-5-8-13-20-14-16-23-17-20/h14,16-19H,2-13,15H2,1H3/q+1. The third kappa shape index (κ3) is 8.27. The maximum absolute atomic E-state index is 5.99. The molecule has 1 aliphatic rings. The second kappa shape index (κ2) is 12.0. The quantitative estimate of drug-likeness (QED) is 0.369. The van der Waals surface area contributed by atoms with E-state index in [1.807, 2.05) is 0 Å². The molecule has 23 heavy (non-hydrogen) atoms. The van der Waals surface area contributed by atoms with Gasteiger partial charge in [-0.15, -0.1) is 0 Å². The maximum atomic E-state index is 5.99. The number of hydrogen-bond acceptors (Lipinski definition) is 3.